The number of hydrogen-bond acceptors (Lipinski definition) is 8. The van der Waals surface area contributed by atoms with E-state index >= 15 is 0 Å². The first-order valence-electron chi connectivity index (χ1n) is 15.3. The minimum Gasteiger partial charge on any atom is -0.480 e. The van der Waals surface area contributed by atoms with Crippen LogP contribution in [0.5, 0.6) is 0 Å². The molecule has 0 saturated carbocycles. The van der Waals surface area contributed by atoms with E-state index < -0.39 is 24.0 Å². The maximum absolute atomic E-state index is 12.2. The van der Waals surface area contributed by atoms with Gasteiger partial charge in [-0.15, -0.1) is 0 Å². The normalized spacial score (nSPS) is 12.7. The first-order valence-corrected chi connectivity index (χ1v) is 17.7. The molecule has 5 N–H and O–H groups in total. The van der Waals surface area contributed by atoms with Crippen LogP contribution in [0.15, 0.2) is 0 Å². The number of unbranched alkanes of at least 4 members (excludes halogenated alkanes) is 12. The van der Waals surface area contributed by atoms with Crippen LogP contribution in [0.4, 0.5) is 0 Å². The molecular weight excluding hydrogens is 564 g/mol. The van der Waals surface area contributed by atoms with Gasteiger partial charge in [-0.1, -0.05) is 85.8 Å². The Kier molecular flexibility index (Phi) is 26.3. The topological polar surface area (TPSA) is 148 Å². The van der Waals surface area contributed by atoms with Crippen molar-refractivity contribution in [3.63, 3.8) is 0 Å². The number of hydrogen-bond donors (Lipinski definition) is 5. The highest BCUT2D eigenvalue weighted by molar-refractivity contribution is 8.76. The summed E-state index contributed by atoms with van der Waals surface area (Å²) in [6, 6.07) is -2.09. The Balaban J connectivity index is 4.06. The molecule has 2 unspecified atom stereocenters. The third-order valence-corrected chi connectivity index (χ3v) is 9.08. The lowest BCUT2D eigenvalue weighted by Gasteiger charge is -2.16. The number of rotatable bonds is 29. The third-order valence-electron chi connectivity index (χ3n) is 6.66. The molecule has 0 spiro atoms. The molecule has 0 aliphatic carbocycles. The van der Waals surface area contributed by atoms with Crippen LogP contribution in [0.3, 0.4) is 0 Å². The molecule has 0 aromatic carbocycles. The molecular formula is C29H56N4O6S2. The van der Waals surface area contributed by atoms with E-state index in [1.54, 1.807) is 0 Å². The summed E-state index contributed by atoms with van der Waals surface area (Å²) in [5.74, 6) is -2.59. The summed E-state index contributed by atoms with van der Waals surface area (Å²) in [5.41, 5.74) is 0. The number of carboxylic acid groups (broad SMARTS) is 2. The van der Waals surface area contributed by atoms with Gasteiger partial charge < -0.3 is 31.1 Å². The van der Waals surface area contributed by atoms with E-state index in [4.69, 9.17) is 0 Å². The molecule has 0 aromatic heterocycles. The summed E-state index contributed by atoms with van der Waals surface area (Å²) in [6.45, 7) is 2.15. The Morgan fingerprint density at radius 1 is 0.610 bits per heavy atom. The van der Waals surface area contributed by atoms with E-state index in [1.165, 1.54) is 60.1 Å². The Labute approximate surface area is 255 Å². The molecule has 240 valence electrons. The minimum atomic E-state index is -1.12. The minimum absolute atomic E-state index is 0.105. The summed E-state index contributed by atoms with van der Waals surface area (Å²) in [5, 5.41) is 27.2. The zero-order valence-corrected chi connectivity index (χ0v) is 27.2. The van der Waals surface area contributed by atoms with E-state index in [0.29, 0.717) is 12.8 Å². The van der Waals surface area contributed by atoms with Gasteiger partial charge in [0.25, 0.3) is 0 Å². The van der Waals surface area contributed by atoms with Crippen molar-refractivity contribution >= 4 is 45.3 Å². The number of nitrogens with zero attached hydrogens (tertiary/aromatic N) is 1. The van der Waals surface area contributed by atoms with Crippen LogP contribution in [0, 0.1) is 0 Å². The van der Waals surface area contributed by atoms with E-state index in [1.807, 2.05) is 7.05 Å². The first kappa shape index (κ1) is 39.5. The lowest BCUT2D eigenvalue weighted by atomic mass is 10.1. The van der Waals surface area contributed by atoms with Gasteiger partial charge in [-0.05, 0) is 59.9 Å². The summed E-state index contributed by atoms with van der Waals surface area (Å²) < 4.78 is 0. The molecule has 0 aliphatic heterocycles. The largest absolute Gasteiger partial charge is 0.480 e. The molecule has 0 aromatic rings. The van der Waals surface area contributed by atoms with Crippen molar-refractivity contribution in [1.29, 1.82) is 0 Å². The van der Waals surface area contributed by atoms with Crippen LogP contribution in [0.1, 0.15) is 103 Å². The molecule has 0 aliphatic rings. The fraction of sp³-hybridized carbons (Fsp3) is 0.862. The Hall–Kier alpha value is -1.50. The molecule has 2 atom stereocenters. The number of amides is 2. The average molecular weight is 621 g/mol. The van der Waals surface area contributed by atoms with Crippen LogP contribution in [-0.2, 0) is 19.2 Å². The van der Waals surface area contributed by atoms with Crippen molar-refractivity contribution in [2.45, 2.75) is 115 Å². The number of carbonyl (C=O) groups excluding carboxylic acids is 2. The smallest absolute Gasteiger partial charge is 0.327 e. The van der Waals surface area contributed by atoms with Gasteiger partial charge in [-0.3, -0.25) is 9.59 Å². The van der Waals surface area contributed by atoms with Gasteiger partial charge in [0.15, 0.2) is 0 Å². The average Bonchev–Trinajstić information content (AvgIpc) is 2.91. The second-order valence-electron chi connectivity index (χ2n) is 10.8. The van der Waals surface area contributed by atoms with Crippen LogP contribution in [0.2, 0.25) is 0 Å². The summed E-state index contributed by atoms with van der Waals surface area (Å²) in [6.07, 6.45) is 15.6. The van der Waals surface area contributed by atoms with Crippen LogP contribution >= 0.6 is 21.6 Å². The van der Waals surface area contributed by atoms with Crippen LogP contribution < -0.4 is 16.0 Å². The first-order chi connectivity index (χ1) is 19.7. The van der Waals surface area contributed by atoms with Crippen molar-refractivity contribution in [1.82, 2.24) is 20.9 Å². The van der Waals surface area contributed by atoms with Crippen LogP contribution in [-0.4, -0.2) is 96.7 Å². The molecule has 0 bridgehead atoms. The number of carboxylic acids is 2. The van der Waals surface area contributed by atoms with Gasteiger partial charge in [-0.25, -0.2) is 9.59 Å². The Morgan fingerprint density at radius 2 is 0.976 bits per heavy atom. The third kappa shape index (κ3) is 25.9. The Bertz CT molecular complexity index is 715. The number of aliphatic carboxylic acids is 2. The zero-order chi connectivity index (χ0) is 30.7. The van der Waals surface area contributed by atoms with Crippen molar-refractivity contribution in [3.05, 3.63) is 0 Å². The molecule has 2 amide bonds. The molecule has 0 heterocycles. The molecule has 10 nitrogen and oxygen atoms in total. The lowest BCUT2D eigenvalue weighted by Crippen LogP contribution is -2.43. The zero-order valence-electron chi connectivity index (χ0n) is 25.6. The quantitative estimate of drug-likeness (QED) is 0.0597. The van der Waals surface area contributed by atoms with Crippen LogP contribution in [0.25, 0.3) is 0 Å². The lowest BCUT2D eigenvalue weighted by molar-refractivity contribution is -0.141. The van der Waals surface area contributed by atoms with Gasteiger partial charge in [0, 0.05) is 24.3 Å². The molecule has 0 rings (SSSR count). The number of carbonyl (C=O) groups is 4. The standard InChI is InChI=1S/C29H56N4O6S2/c1-30-20-16-12-8-4-6-10-14-18-26(34)31-24(28(36)37)22-40-41-23-25(29(38)39)32-27(35)19-15-11-7-5-9-13-17-21-33(2)3/h24-25,30H,4-23H2,1-3H3,(H,31,34)(H,32,35)(H,36,37)(H,38,39). The predicted molar refractivity (Wildman–Crippen MR) is 170 cm³/mol. The van der Waals surface area contributed by atoms with Gasteiger partial charge in [0.1, 0.15) is 12.1 Å². The van der Waals surface area contributed by atoms with E-state index in [2.05, 4.69) is 34.9 Å². The second-order valence-corrected chi connectivity index (χ2v) is 13.4. The predicted octanol–water partition coefficient (Wildman–Crippen LogP) is 4.53. The summed E-state index contributed by atoms with van der Waals surface area (Å²) >= 11 is 0. The van der Waals surface area contributed by atoms with Crippen molar-refractivity contribution in [2.24, 2.45) is 0 Å². The molecule has 12 heteroatoms. The van der Waals surface area contributed by atoms with Crippen molar-refractivity contribution < 1.29 is 29.4 Å². The molecule has 0 radical (unpaired) electrons. The highest BCUT2D eigenvalue weighted by atomic mass is 33.1. The summed E-state index contributed by atoms with van der Waals surface area (Å²) in [4.78, 5) is 49.8. The van der Waals surface area contributed by atoms with Gasteiger partial charge in [-0.2, -0.15) is 0 Å². The van der Waals surface area contributed by atoms with Gasteiger partial charge in [0.05, 0.1) is 0 Å². The summed E-state index contributed by atoms with van der Waals surface area (Å²) in [7, 11) is 8.47. The fourth-order valence-corrected chi connectivity index (χ4v) is 6.49. The van der Waals surface area contributed by atoms with Gasteiger partial charge in [0.2, 0.25) is 11.8 Å². The molecule has 0 saturated heterocycles. The maximum atomic E-state index is 12.2. The SMILES string of the molecule is CNCCCCCCCCCC(=O)NC(CSSCC(NC(=O)CCCCCCCCCN(C)C)C(=O)O)C(=O)O. The second kappa shape index (κ2) is 27.3. The van der Waals surface area contributed by atoms with E-state index in [-0.39, 0.29) is 23.3 Å². The van der Waals surface area contributed by atoms with Gasteiger partial charge >= 0.3 is 11.9 Å². The van der Waals surface area contributed by atoms with E-state index in [9.17, 15) is 29.4 Å². The Morgan fingerprint density at radius 3 is 1.34 bits per heavy atom. The maximum Gasteiger partial charge on any atom is 0.327 e. The highest BCUT2D eigenvalue weighted by Crippen LogP contribution is 2.23. The fourth-order valence-electron chi connectivity index (χ4n) is 4.18. The number of nitrogens with one attached hydrogen (secondary N) is 3. The molecule has 41 heavy (non-hydrogen) atoms. The van der Waals surface area contributed by atoms with Crippen molar-refractivity contribution in [2.75, 3.05) is 45.7 Å². The highest BCUT2D eigenvalue weighted by Gasteiger charge is 2.23. The monoisotopic (exact) mass is 620 g/mol. The van der Waals surface area contributed by atoms with E-state index in [0.717, 1.165) is 64.5 Å². The molecule has 0 fully saturated rings. The van der Waals surface area contributed by atoms with Crippen molar-refractivity contribution in [3.8, 4) is 0 Å².